The van der Waals surface area contributed by atoms with E-state index < -0.39 is 5.97 Å². The molecule has 0 bridgehead atoms. The topological polar surface area (TPSA) is 56.1 Å². The van der Waals surface area contributed by atoms with Crippen LogP contribution in [0.25, 0.3) is 5.70 Å². The van der Waals surface area contributed by atoms with Gasteiger partial charge in [0.05, 0.1) is 18.8 Å². The number of methoxy groups -OCH3 is 1. The van der Waals surface area contributed by atoms with Crippen LogP contribution in [0.15, 0.2) is 36.9 Å². The molecule has 0 saturated carbocycles. The monoisotopic (exact) mass is 313 g/mol. The van der Waals surface area contributed by atoms with Crippen molar-refractivity contribution in [2.75, 3.05) is 14.2 Å². The van der Waals surface area contributed by atoms with Gasteiger partial charge in [0, 0.05) is 13.1 Å². The molecule has 0 radical (unpaired) electrons. The minimum atomic E-state index is -0.412. The average molecular weight is 313 g/mol. The van der Waals surface area contributed by atoms with Gasteiger partial charge in [-0.3, -0.25) is 4.68 Å². The van der Waals surface area contributed by atoms with Crippen LogP contribution in [0.1, 0.15) is 47.2 Å². The smallest absolute Gasteiger partial charge is 0.356 e. The van der Waals surface area contributed by atoms with E-state index in [4.69, 9.17) is 4.74 Å². The van der Waals surface area contributed by atoms with E-state index in [1.165, 1.54) is 12.7 Å². The summed E-state index contributed by atoms with van der Waals surface area (Å²) in [5.74, 6) is -0.412. The van der Waals surface area contributed by atoms with Crippen molar-refractivity contribution < 1.29 is 9.53 Å². The molecule has 0 aliphatic heterocycles. The number of benzene rings is 1. The molecule has 0 amide bonds. The van der Waals surface area contributed by atoms with Gasteiger partial charge in [-0.2, -0.15) is 5.10 Å². The Morgan fingerprint density at radius 2 is 2.04 bits per heavy atom. The van der Waals surface area contributed by atoms with Gasteiger partial charge in [0.1, 0.15) is 11.4 Å². The molecule has 2 rings (SSSR count). The first kappa shape index (κ1) is 16.8. The molecule has 0 fully saturated rings. The molecule has 23 heavy (non-hydrogen) atoms. The first-order valence-corrected chi connectivity index (χ1v) is 7.65. The van der Waals surface area contributed by atoms with Crippen molar-refractivity contribution in [2.45, 2.75) is 26.3 Å². The van der Waals surface area contributed by atoms with Crippen molar-refractivity contribution in [1.82, 2.24) is 15.1 Å². The maximum atomic E-state index is 12.1. The number of hydrogen-bond donors (Lipinski definition) is 1. The van der Waals surface area contributed by atoms with E-state index in [2.05, 4.69) is 48.2 Å². The van der Waals surface area contributed by atoms with E-state index in [0.29, 0.717) is 17.1 Å². The lowest BCUT2D eigenvalue weighted by molar-refractivity contribution is 0.0585. The molecule has 0 spiro atoms. The summed E-state index contributed by atoms with van der Waals surface area (Å²) in [6, 6.07) is 9.94. The molecule has 5 heteroatoms. The highest BCUT2D eigenvalue weighted by atomic mass is 16.5. The molecule has 1 aromatic carbocycles. The number of esters is 1. The Morgan fingerprint density at radius 3 is 2.57 bits per heavy atom. The van der Waals surface area contributed by atoms with Crippen LogP contribution in [0.5, 0.6) is 0 Å². The standard InChI is InChI=1S/C18H23N3O2/c1-6-14-7-9-15(10-8-14)13(3)21-17(18(22)23-5)11-16(20-21)12(2)19-4/h7-11,13,19H,2,6H2,1,3-5H3. The lowest BCUT2D eigenvalue weighted by Crippen LogP contribution is -2.16. The van der Waals surface area contributed by atoms with Gasteiger partial charge in [0.25, 0.3) is 0 Å². The minimum absolute atomic E-state index is 0.0894. The summed E-state index contributed by atoms with van der Waals surface area (Å²) in [7, 11) is 3.14. The molecule has 1 heterocycles. The number of aromatic nitrogens is 2. The van der Waals surface area contributed by atoms with Gasteiger partial charge < -0.3 is 10.1 Å². The molecule has 0 saturated heterocycles. The molecule has 2 aromatic rings. The summed E-state index contributed by atoms with van der Waals surface area (Å²) >= 11 is 0. The van der Waals surface area contributed by atoms with Crippen LogP contribution in [0.4, 0.5) is 0 Å². The van der Waals surface area contributed by atoms with E-state index in [9.17, 15) is 4.79 Å². The minimum Gasteiger partial charge on any atom is -0.464 e. The summed E-state index contributed by atoms with van der Waals surface area (Å²) in [5.41, 5.74) is 4.05. The maximum Gasteiger partial charge on any atom is 0.356 e. The Bertz CT molecular complexity index is 702. The summed E-state index contributed by atoms with van der Waals surface area (Å²) in [5, 5.41) is 7.47. The summed E-state index contributed by atoms with van der Waals surface area (Å²) in [4.78, 5) is 12.1. The normalized spacial score (nSPS) is 11.8. The lowest BCUT2D eigenvalue weighted by atomic mass is 10.0. The zero-order valence-corrected chi connectivity index (χ0v) is 14.1. The molecule has 0 aliphatic carbocycles. The predicted octanol–water partition coefficient (Wildman–Crippen LogP) is 3.03. The first-order chi connectivity index (χ1) is 11.0. The predicted molar refractivity (Wildman–Crippen MR) is 91.3 cm³/mol. The second-order valence-electron chi connectivity index (χ2n) is 5.35. The second kappa shape index (κ2) is 7.13. The zero-order chi connectivity index (χ0) is 17.0. The molecule has 1 atom stereocenters. The largest absolute Gasteiger partial charge is 0.464 e. The van der Waals surface area contributed by atoms with Gasteiger partial charge in [0.2, 0.25) is 0 Å². The van der Waals surface area contributed by atoms with E-state index in [-0.39, 0.29) is 6.04 Å². The van der Waals surface area contributed by atoms with Crippen molar-refractivity contribution in [3.63, 3.8) is 0 Å². The van der Waals surface area contributed by atoms with Gasteiger partial charge in [-0.05, 0) is 24.5 Å². The van der Waals surface area contributed by atoms with Crippen LogP contribution in [-0.2, 0) is 11.2 Å². The van der Waals surface area contributed by atoms with Gasteiger partial charge in [-0.1, -0.05) is 37.8 Å². The molecule has 122 valence electrons. The lowest BCUT2D eigenvalue weighted by Gasteiger charge is -2.15. The second-order valence-corrected chi connectivity index (χ2v) is 5.35. The van der Waals surface area contributed by atoms with Crippen LogP contribution in [0, 0.1) is 0 Å². The molecular weight excluding hydrogens is 290 g/mol. The van der Waals surface area contributed by atoms with Crippen molar-refractivity contribution in [1.29, 1.82) is 0 Å². The highest BCUT2D eigenvalue weighted by Gasteiger charge is 2.21. The third-order valence-electron chi connectivity index (χ3n) is 3.98. The van der Waals surface area contributed by atoms with Crippen molar-refractivity contribution in [3.05, 3.63) is 59.4 Å². The van der Waals surface area contributed by atoms with Gasteiger partial charge in [-0.25, -0.2) is 4.79 Å². The fourth-order valence-corrected chi connectivity index (χ4v) is 2.40. The van der Waals surface area contributed by atoms with Crippen molar-refractivity contribution in [2.24, 2.45) is 0 Å². The number of rotatable bonds is 6. The molecule has 1 aromatic heterocycles. The maximum absolute atomic E-state index is 12.1. The van der Waals surface area contributed by atoms with Crippen LogP contribution in [0.3, 0.4) is 0 Å². The molecule has 0 aliphatic rings. The van der Waals surface area contributed by atoms with E-state index in [1.54, 1.807) is 17.8 Å². The van der Waals surface area contributed by atoms with E-state index in [0.717, 1.165) is 12.0 Å². The Labute approximate surface area is 137 Å². The molecule has 1 N–H and O–H groups in total. The van der Waals surface area contributed by atoms with Crippen LogP contribution in [0.2, 0.25) is 0 Å². The highest BCUT2D eigenvalue weighted by Crippen LogP contribution is 2.22. The van der Waals surface area contributed by atoms with Crippen LogP contribution in [-0.4, -0.2) is 29.9 Å². The quantitative estimate of drug-likeness (QED) is 0.833. The third-order valence-corrected chi connectivity index (χ3v) is 3.98. The number of carbonyl (C=O) groups is 1. The molecular formula is C18H23N3O2. The zero-order valence-electron chi connectivity index (χ0n) is 14.1. The van der Waals surface area contributed by atoms with Crippen LogP contribution >= 0.6 is 0 Å². The Morgan fingerprint density at radius 1 is 1.39 bits per heavy atom. The Kier molecular flexibility index (Phi) is 5.21. The number of nitrogens with zero attached hydrogens (tertiary/aromatic N) is 2. The summed E-state index contributed by atoms with van der Waals surface area (Å²) in [6.07, 6.45) is 0.996. The van der Waals surface area contributed by atoms with E-state index >= 15 is 0 Å². The number of hydrogen-bond acceptors (Lipinski definition) is 4. The van der Waals surface area contributed by atoms with Gasteiger partial charge in [0.15, 0.2) is 0 Å². The SMILES string of the molecule is C=C(NC)c1cc(C(=O)OC)n(C(C)c2ccc(CC)cc2)n1. The van der Waals surface area contributed by atoms with Crippen molar-refractivity contribution in [3.8, 4) is 0 Å². The fourth-order valence-electron chi connectivity index (χ4n) is 2.40. The summed E-state index contributed by atoms with van der Waals surface area (Å²) < 4.78 is 6.56. The first-order valence-electron chi connectivity index (χ1n) is 7.65. The number of ether oxygens (including phenoxy) is 1. The number of carbonyl (C=O) groups excluding carboxylic acids is 1. The number of nitrogens with one attached hydrogen (secondary N) is 1. The Balaban J connectivity index is 2.44. The molecule has 5 nitrogen and oxygen atoms in total. The van der Waals surface area contributed by atoms with Crippen molar-refractivity contribution >= 4 is 11.7 Å². The number of aryl methyl sites for hydroxylation is 1. The highest BCUT2D eigenvalue weighted by molar-refractivity contribution is 5.88. The van der Waals surface area contributed by atoms with Gasteiger partial charge in [-0.15, -0.1) is 0 Å². The fraction of sp³-hybridized carbons (Fsp3) is 0.333. The third kappa shape index (κ3) is 3.44. The Hall–Kier alpha value is -2.56. The van der Waals surface area contributed by atoms with E-state index in [1.807, 2.05) is 6.92 Å². The molecule has 1 unspecified atom stereocenters. The average Bonchev–Trinajstić information content (AvgIpc) is 3.05. The van der Waals surface area contributed by atoms with Gasteiger partial charge >= 0.3 is 5.97 Å². The summed E-state index contributed by atoms with van der Waals surface area (Å²) in [6.45, 7) is 8.03. The van der Waals surface area contributed by atoms with Crippen LogP contribution < -0.4 is 5.32 Å².